The molecule has 0 atom stereocenters. The molecular weight excluding hydrogens is 324 g/mol. The molecule has 0 N–H and O–H groups in total. The molecule has 0 aromatic heterocycles. The Balaban J connectivity index is 1.74. The van der Waals surface area contributed by atoms with Gasteiger partial charge in [-0.15, -0.1) is 0 Å². The first-order chi connectivity index (χ1) is 12.7. The van der Waals surface area contributed by atoms with Crippen molar-refractivity contribution in [1.29, 1.82) is 0 Å². The third kappa shape index (κ3) is 4.34. The summed E-state index contributed by atoms with van der Waals surface area (Å²) in [6, 6.07) is 13.4. The Morgan fingerprint density at radius 2 is 1.85 bits per heavy atom. The average Bonchev–Trinajstić information content (AvgIpc) is 2.69. The summed E-state index contributed by atoms with van der Waals surface area (Å²) in [5.41, 5.74) is 2.91. The quantitative estimate of drug-likeness (QED) is 0.570. The third-order valence-electron chi connectivity index (χ3n) is 4.92. The molecule has 0 radical (unpaired) electrons. The fourth-order valence-corrected chi connectivity index (χ4v) is 3.51. The van der Waals surface area contributed by atoms with Crippen LogP contribution in [0.15, 0.2) is 49.0 Å². The van der Waals surface area contributed by atoms with E-state index in [1.54, 1.807) is 31.2 Å². The van der Waals surface area contributed by atoms with Crippen LogP contribution in [0, 0.1) is 0 Å². The summed E-state index contributed by atoms with van der Waals surface area (Å²) in [6.07, 6.45) is 8.37. The van der Waals surface area contributed by atoms with Gasteiger partial charge in [-0.3, -0.25) is 0 Å². The molecule has 0 aliphatic heterocycles. The van der Waals surface area contributed by atoms with Crippen LogP contribution in [0.3, 0.4) is 0 Å². The SMILES string of the molecule is C=Cc1cc(C2CCCCC2)ccc1Oc1ccc(C(=O)OCC)cc1. The molecule has 2 aromatic carbocycles. The van der Waals surface area contributed by atoms with Crippen molar-refractivity contribution < 1.29 is 14.3 Å². The molecule has 0 bridgehead atoms. The predicted octanol–water partition coefficient (Wildman–Crippen LogP) is 6.35. The van der Waals surface area contributed by atoms with Gasteiger partial charge in [-0.2, -0.15) is 0 Å². The van der Waals surface area contributed by atoms with Crippen LogP contribution < -0.4 is 4.74 Å². The van der Waals surface area contributed by atoms with Crippen molar-refractivity contribution in [2.45, 2.75) is 44.9 Å². The van der Waals surface area contributed by atoms with Crippen molar-refractivity contribution in [3.8, 4) is 11.5 Å². The Bertz CT molecular complexity index is 756. The lowest BCUT2D eigenvalue weighted by atomic mass is 9.83. The summed E-state index contributed by atoms with van der Waals surface area (Å²) in [7, 11) is 0. The number of hydrogen-bond acceptors (Lipinski definition) is 3. The van der Waals surface area contributed by atoms with Gasteiger partial charge in [0.05, 0.1) is 12.2 Å². The van der Waals surface area contributed by atoms with E-state index in [1.807, 2.05) is 12.1 Å². The van der Waals surface area contributed by atoms with Crippen molar-refractivity contribution in [2.75, 3.05) is 6.61 Å². The summed E-state index contributed by atoms with van der Waals surface area (Å²) in [5.74, 6) is 1.80. The lowest BCUT2D eigenvalue weighted by Gasteiger charge is -2.23. The van der Waals surface area contributed by atoms with E-state index in [-0.39, 0.29) is 5.97 Å². The van der Waals surface area contributed by atoms with E-state index in [9.17, 15) is 4.79 Å². The third-order valence-corrected chi connectivity index (χ3v) is 4.92. The van der Waals surface area contributed by atoms with Crippen LogP contribution in [0.5, 0.6) is 11.5 Å². The van der Waals surface area contributed by atoms with E-state index >= 15 is 0 Å². The summed E-state index contributed by atoms with van der Waals surface area (Å²) < 4.78 is 11.0. The highest BCUT2D eigenvalue weighted by molar-refractivity contribution is 5.89. The zero-order valence-corrected chi connectivity index (χ0v) is 15.4. The molecule has 0 saturated heterocycles. The number of rotatable bonds is 6. The maximum atomic E-state index is 11.7. The van der Waals surface area contributed by atoms with E-state index in [0.29, 0.717) is 23.8 Å². The minimum atomic E-state index is -0.317. The van der Waals surface area contributed by atoms with Crippen molar-refractivity contribution in [1.82, 2.24) is 0 Å². The second-order valence-electron chi connectivity index (χ2n) is 6.68. The van der Waals surface area contributed by atoms with Gasteiger partial charge >= 0.3 is 5.97 Å². The number of ether oxygens (including phenoxy) is 2. The van der Waals surface area contributed by atoms with Crippen LogP contribution in [0.1, 0.15) is 66.4 Å². The molecule has 26 heavy (non-hydrogen) atoms. The Kier molecular flexibility index (Phi) is 6.11. The van der Waals surface area contributed by atoms with Gasteiger partial charge in [0.1, 0.15) is 11.5 Å². The monoisotopic (exact) mass is 350 g/mol. The molecule has 1 aliphatic carbocycles. The van der Waals surface area contributed by atoms with Gasteiger partial charge in [-0.05, 0) is 67.6 Å². The number of esters is 1. The smallest absolute Gasteiger partial charge is 0.338 e. The lowest BCUT2D eigenvalue weighted by Crippen LogP contribution is -2.05. The van der Waals surface area contributed by atoms with Crippen molar-refractivity contribution >= 4 is 12.0 Å². The van der Waals surface area contributed by atoms with Gasteiger partial charge in [0.25, 0.3) is 0 Å². The van der Waals surface area contributed by atoms with Crippen LogP contribution in [-0.2, 0) is 4.74 Å². The molecular formula is C23H26O3. The second-order valence-corrected chi connectivity index (χ2v) is 6.68. The summed E-state index contributed by atoms with van der Waals surface area (Å²) >= 11 is 0. The second kappa shape index (κ2) is 8.70. The molecule has 3 nitrogen and oxygen atoms in total. The Morgan fingerprint density at radius 3 is 2.50 bits per heavy atom. The molecule has 0 spiro atoms. The van der Waals surface area contributed by atoms with E-state index < -0.39 is 0 Å². The van der Waals surface area contributed by atoms with Crippen molar-refractivity contribution in [3.05, 3.63) is 65.7 Å². The minimum absolute atomic E-state index is 0.317. The first kappa shape index (κ1) is 18.2. The van der Waals surface area contributed by atoms with Crippen LogP contribution in [-0.4, -0.2) is 12.6 Å². The molecule has 136 valence electrons. The highest BCUT2D eigenvalue weighted by Gasteiger charge is 2.17. The fraction of sp³-hybridized carbons (Fsp3) is 0.348. The van der Waals surface area contributed by atoms with Crippen LogP contribution in [0.2, 0.25) is 0 Å². The van der Waals surface area contributed by atoms with Gasteiger partial charge in [-0.25, -0.2) is 4.79 Å². The number of carbonyl (C=O) groups excluding carboxylic acids is 1. The van der Waals surface area contributed by atoms with Crippen LogP contribution >= 0.6 is 0 Å². The van der Waals surface area contributed by atoms with Gasteiger partial charge in [-0.1, -0.05) is 38.0 Å². The van der Waals surface area contributed by atoms with Gasteiger partial charge in [0.15, 0.2) is 0 Å². The molecule has 1 aliphatic rings. The van der Waals surface area contributed by atoms with E-state index in [4.69, 9.17) is 9.47 Å². The summed E-state index contributed by atoms with van der Waals surface area (Å²) in [4.78, 5) is 11.7. The first-order valence-corrected chi connectivity index (χ1v) is 9.42. The normalized spacial score (nSPS) is 14.7. The fourth-order valence-electron chi connectivity index (χ4n) is 3.51. The maximum absolute atomic E-state index is 11.7. The summed E-state index contributed by atoms with van der Waals surface area (Å²) in [5, 5.41) is 0. The minimum Gasteiger partial charge on any atom is -0.462 e. The number of benzene rings is 2. The topological polar surface area (TPSA) is 35.5 Å². The Hall–Kier alpha value is -2.55. The Labute approximate surface area is 155 Å². The molecule has 0 unspecified atom stereocenters. The summed E-state index contributed by atoms with van der Waals surface area (Å²) in [6.45, 7) is 6.10. The van der Waals surface area contributed by atoms with E-state index in [2.05, 4.69) is 18.7 Å². The Morgan fingerprint density at radius 1 is 1.12 bits per heavy atom. The molecule has 1 saturated carbocycles. The standard InChI is InChI=1S/C23H26O3/c1-3-17-16-20(18-8-6-5-7-9-18)12-15-22(17)26-21-13-10-19(11-14-21)23(24)25-4-2/h3,10-16,18H,1,4-9H2,2H3. The highest BCUT2D eigenvalue weighted by Crippen LogP contribution is 2.36. The largest absolute Gasteiger partial charge is 0.462 e. The van der Waals surface area contributed by atoms with E-state index in [0.717, 1.165) is 11.3 Å². The lowest BCUT2D eigenvalue weighted by molar-refractivity contribution is 0.0526. The van der Waals surface area contributed by atoms with Gasteiger partial charge in [0.2, 0.25) is 0 Å². The molecule has 2 aromatic rings. The van der Waals surface area contributed by atoms with E-state index in [1.165, 1.54) is 37.7 Å². The highest BCUT2D eigenvalue weighted by atomic mass is 16.5. The zero-order valence-electron chi connectivity index (χ0n) is 15.4. The van der Waals surface area contributed by atoms with Gasteiger partial charge < -0.3 is 9.47 Å². The first-order valence-electron chi connectivity index (χ1n) is 9.42. The van der Waals surface area contributed by atoms with Gasteiger partial charge in [0, 0.05) is 5.56 Å². The zero-order chi connectivity index (χ0) is 18.4. The average molecular weight is 350 g/mol. The number of carbonyl (C=O) groups is 1. The molecule has 0 heterocycles. The van der Waals surface area contributed by atoms with Crippen molar-refractivity contribution in [3.63, 3.8) is 0 Å². The predicted molar refractivity (Wildman–Crippen MR) is 105 cm³/mol. The molecule has 3 heteroatoms. The molecule has 1 fully saturated rings. The maximum Gasteiger partial charge on any atom is 0.338 e. The molecule has 3 rings (SSSR count). The number of hydrogen-bond donors (Lipinski definition) is 0. The van der Waals surface area contributed by atoms with Crippen LogP contribution in [0.25, 0.3) is 6.08 Å². The van der Waals surface area contributed by atoms with Crippen LogP contribution in [0.4, 0.5) is 0 Å². The molecule has 0 amide bonds. The van der Waals surface area contributed by atoms with Crippen molar-refractivity contribution in [2.24, 2.45) is 0 Å².